The third-order valence-corrected chi connectivity index (χ3v) is 3.93. The summed E-state index contributed by atoms with van der Waals surface area (Å²) in [5, 5.41) is 2.96. The third-order valence-electron chi connectivity index (χ3n) is 3.93. The molecule has 1 heterocycles. The number of fused-ring (bicyclic) bond motifs is 1. The van der Waals surface area contributed by atoms with Gasteiger partial charge < -0.3 is 5.32 Å². The van der Waals surface area contributed by atoms with E-state index in [4.69, 9.17) is 0 Å². The van der Waals surface area contributed by atoms with E-state index in [9.17, 15) is 4.79 Å². The Labute approximate surface area is 107 Å². The van der Waals surface area contributed by atoms with Crippen LogP contribution in [0.3, 0.4) is 0 Å². The summed E-state index contributed by atoms with van der Waals surface area (Å²) in [7, 11) is 0. The van der Waals surface area contributed by atoms with E-state index in [0.717, 1.165) is 25.1 Å². The molecular formula is C15H18N2O. The van der Waals surface area contributed by atoms with Crippen molar-refractivity contribution in [3.63, 3.8) is 0 Å². The summed E-state index contributed by atoms with van der Waals surface area (Å²) in [6, 6.07) is 8.56. The molecule has 0 saturated carbocycles. The second kappa shape index (κ2) is 3.94. The Morgan fingerprint density at radius 2 is 2.00 bits per heavy atom. The van der Waals surface area contributed by atoms with Gasteiger partial charge in [-0.15, -0.1) is 0 Å². The maximum atomic E-state index is 11.8. The van der Waals surface area contributed by atoms with Crippen LogP contribution >= 0.6 is 0 Å². The molecular weight excluding hydrogens is 224 g/mol. The number of aryl methyl sites for hydroxylation is 1. The summed E-state index contributed by atoms with van der Waals surface area (Å²) >= 11 is 0. The van der Waals surface area contributed by atoms with Crippen molar-refractivity contribution >= 4 is 11.7 Å². The molecule has 1 unspecified atom stereocenters. The molecule has 0 bridgehead atoms. The third kappa shape index (κ3) is 1.84. The first-order chi connectivity index (χ1) is 8.56. The van der Waals surface area contributed by atoms with Gasteiger partial charge in [-0.3, -0.25) is 9.79 Å². The van der Waals surface area contributed by atoms with Gasteiger partial charge in [0.1, 0.15) is 11.4 Å². The van der Waals surface area contributed by atoms with Gasteiger partial charge in [0.15, 0.2) is 0 Å². The number of hydrogen-bond donors (Lipinski definition) is 1. The molecule has 1 aromatic carbocycles. The van der Waals surface area contributed by atoms with Gasteiger partial charge in [-0.2, -0.15) is 0 Å². The molecule has 2 aliphatic rings. The molecule has 0 radical (unpaired) electrons. The average Bonchev–Trinajstić information content (AvgIpc) is 2.63. The van der Waals surface area contributed by atoms with E-state index in [1.54, 1.807) is 0 Å². The normalized spacial score (nSPS) is 25.3. The number of rotatable bonds is 1. The first-order valence-corrected chi connectivity index (χ1v) is 6.54. The lowest BCUT2D eigenvalue weighted by molar-refractivity contribution is -0.122. The van der Waals surface area contributed by atoms with Gasteiger partial charge in [0.05, 0.1) is 0 Å². The van der Waals surface area contributed by atoms with Crippen LogP contribution in [0.1, 0.15) is 31.4 Å². The number of carbonyl (C=O) groups excluding carboxylic acids is 1. The fourth-order valence-electron chi connectivity index (χ4n) is 2.77. The monoisotopic (exact) mass is 242 g/mol. The molecule has 3 rings (SSSR count). The van der Waals surface area contributed by atoms with Crippen LogP contribution < -0.4 is 5.32 Å². The van der Waals surface area contributed by atoms with Crippen molar-refractivity contribution in [1.29, 1.82) is 0 Å². The van der Waals surface area contributed by atoms with Gasteiger partial charge in [-0.25, -0.2) is 0 Å². The number of nitrogens with zero attached hydrogens (tertiary/aromatic N) is 1. The zero-order valence-corrected chi connectivity index (χ0v) is 10.9. The van der Waals surface area contributed by atoms with Crippen molar-refractivity contribution in [2.45, 2.75) is 38.6 Å². The van der Waals surface area contributed by atoms with Crippen molar-refractivity contribution < 1.29 is 4.79 Å². The van der Waals surface area contributed by atoms with Gasteiger partial charge in [0, 0.05) is 5.92 Å². The van der Waals surface area contributed by atoms with E-state index in [2.05, 4.69) is 34.6 Å². The van der Waals surface area contributed by atoms with Crippen LogP contribution in [-0.4, -0.2) is 17.3 Å². The van der Waals surface area contributed by atoms with E-state index in [-0.39, 0.29) is 5.91 Å². The molecule has 1 amide bonds. The SMILES string of the molecule is CC1(C)N=C(C2CCc3ccccc3C2)NC1=O. The zero-order valence-electron chi connectivity index (χ0n) is 10.9. The lowest BCUT2D eigenvalue weighted by Crippen LogP contribution is -2.37. The Morgan fingerprint density at radius 3 is 2.67 bits per heavy atom. The highest BCUT2D eigenvalue weighted by molar-refractivity contribution is 6.08. The van der Waals surface area contributed by atoms with Crippen LogP contribution in [0.15, 0.2) is 29.3 Å². The molecule has 0 spiro atoms. The smallest absolute Gasteiger partial charge is 0.252 e. The minimum absolute atomic E-state index is 0.0244. The summed E-state index contributed by atoms with van der Waals surface area (Å²) in [6.45, 7) is 3.73. The van der Waals surface area contributed by atoms with Crippen LogP contribution in [0.5, 0.6) is 0 Å². The highest BCUT2D eigenvalue weighted by atomic mass is 16.2. The first-order valence-electron chi connectivity index (χ1n) is 6.54. The van der Waals surface area contributed by atoms with E-state index >= 15 is 0 Å². The largest absolute Gasteiger partial charge is 0.312 e. The molecule has 18 heavy (non-hydrogen) atoms. The molecule has 1 aromatic rings. The van der Waals surface area contributed by atoms with Crippen molar-refractivity contribution in [1.82, 2.24) is 5.32 Å². The summed E-state index contributed by atoms with van der Waals surface area (Å²) in [6.07, 6.45) is 3.15. The second-order valence-electron chi connectivity index (χ2n) is 5.72. The topological polar surface area (TPSA) is 41.5 Å². The lowest BCUT2D eigenvalue weighted by Gasteiger charge is -2.24. The predicted octanol–water partition coefficient (Wildman–Crippen LogP) is 2.10. The first kappa shape index (κ1) is 11.5. The molecule has 0 aromatic heterocycles. The molecule has 94 valence electrons. The Morgan fingerprint density at radius 1 is 1.28 bits per heavy atom. The van der Waals surface area contributed by atoms with Gasteiger partial charge in [0.2, 0.25) is 0 Å². The quantitative estimate of drug-likeness (QED) is 0.805. The second-order valence-corrected chi connectivity index (χ2v) is 5.72. The lowest BCUT2D eigenvalue weighted by atomic mass is 9.83. The molecule has 0 saturated heterocycles. The maximum absolute atomic E-state index is 11.8. The Balaban J connectivity index is 1.84. The van der Waals surface area contributed by atoms with Crippen molar-refractivity contribution in [2.24, 2.45) is 10.9 Å². The number of carbonyl (C=O) groups is 1. The van der Waals surface area contributed by atoms with Crippen LogP contribution in [-0.2, 0) is 17.6 Å². The standard InChI is InChI=1S/C15H18N2O/c1-15(2)14(18)16-13(17-15)12-8-7-10-5-3-4-6-11(10)9-12/h3-6,12H,7-9H2,1-2H3,(H,16,17,18). The minimum Gasteiger partial charge on any atom is -0.312 e. The van der Waals surface area contributed by atoms with E-state index in [1.165, 1.54) is 11.1 Å². The van der Waals surface area contributed by atoms with Crippen LogP contribution in [0.25, 0.3) is 0 Å². The molecule has 3 nitrogen and oxygen atoms in total. The Bertz CT molecular complexity index is 531. The molecule has 1 aliphatic carbocycles. The maximum Gasteiger partial charge on any atom is 0.252 e. The summed E-state index contributed by atoms with van der Waals surface area (Å²) in [5.74, 6) is 1.28. The summed E-state index contributed by atoms with van der Waals surface area (Å²) in [4.78, 5) is 16.3. The van der Waals surface area contributed by atoms with Gasteiger partial charge in [0.25, 0.3) is 5.91 Å². The van der Waals surface area contributed by atoms with E-state index in [1.807, 2.05) is 13.8 Å². The average molecular weight is 242 g/mol. The number of nitrogens with one attached hydrogen (secondary N) is 1. The van der Waals surface area contributed by atoms with Crippen LogP contribution in [0.2, 0.25) is 0 Å². The Hall–Kier alpha value is -1.64. The van der Waals surface area contributed by atoms with Crippen LogP contribution in [0.4, 0.5) is 0 Å². The molecule has 1 aliphatic heterocycles. The van der Waals surface area contributed by atoms with Crippen molar-refractivity contribution in [3.05, 3.63) is 35.4 Å². The summed E-state index contributed by atoms with van der Waals surface area (Å²) in [5.41, 5.74) is 2.25. The number of benzene rings is 1. The molecule has 1 N–H and O–H groups in total. The summed E-state index contributed by atoms with van der Waals surface area (Å²) < 4.78 is 0. The van der Waals surface area contributed by atoms with Crippen LogP contribution in [0, 0.1) is 5.92 Å². The van der Waals surface area contributed by atoms with E-state index in [0.29, 0.717) is 5.92 Å². The predicted molar refractivity (Wildman–Crippen MR) is 71.6 cm³/mol. The fourth-order valence-corrected chi connectivity index (χ4v) is 2.77. The number of amidine groups is 1. The minimum atomic E-state index is -0.591. The number of amides is 1. The molecule has 0 fully saturated rings. The van der Waals surface area contributed by atoms with Crippen molar-refractivity contribution in [2.75, 3.05) is 0 Å². The van der Waals surface area contributed by atoms with Gasteiger partial charge in [-0.05, 0) is 44.2 Å². The molecule has 1 atom stereocenters. The van der Waals surface area contributed by atoms with Gasteiger partial charge >= 0.3 is 0 Å². The van der Waals surface area contributed by atoms with E-state index < -0.39 is 5.54 Å². The number of hydrogen-bond acceptors (Lipinski definition) is 2. The van der Waals surface area contributed by atoms with Crippen molar-refractivity contribution in [3.8, 4) is 0 Å². The zero-order chi connectivity index (χ0) is 12.8. The Kier molecular flexibility index (Phi) is 2.51. The number of aliphatic imine (C=N–C) groups is 1. The fraction of sp³-hybridized carbons (Fsp3) is 0.467. The highest BCUT2D eigenvalue weighted by Gasteiger charge is 2.37. The highest BCUT2D eigenvalue weighted by Crippen LogP contribution is 2.28. The molecule has 3 heteroatoms. The van der Waals surface area contributed by atoms with Gasteiger partial charge in [-0.1, -0.05) is 24.3 Å².